The van der Waals surface area contributed by atoms with Crippen LogP contribution in [0.4, 0.5) is 0 Å². The molecule has 2 rings (SSSR count). The molecule has 2 N–H and O–H groups in total. The number of aromatic nitrogens is 3. The second kappa shape index (κ2) is 6.05. The molecule has 1 aromatic heterocycles. The largest absolute Gasteiger partial charge is 0.388 e. The Balaban J connectivity index is 2.08. The van der Waals surface area contributed by atoms with Gasteiger partial charge in [0.2, 0.25) is 0 Å². The summed E-state index contributed by atoms with van der Waals surface area (Å²) in [4.78, 5) is 12.2. The number of aliphatic hydroxyl groups is 1. The molecule has 0 saturated heterocycles. The molecule has 1 atom stereocenters. The van der Waals surface area contributed by atoms with Crippen LogP contribution in [0.15, 0.2) is 36.7 Å². The Morgan fingerprint density at radius 2 is 2.24 bits per heavy atom. The van der Waals surface area contributed by atoms with Crippen molar-refractivity contribution in [3.05, 3.63) is 42.2 Å². The fraction of sp³-hybridized carbons (Fsp3) is 0.400. The van der Waals surface area contributed by atoms with Crippen molar-refractivity contribution in [1.29, 1.82) is 0 Å². The molecule has 112 valence electrons. The van der Waals surface area contributed by atoms with Gasteiger partial charge in [0.15, 0.2) is 0 Å². The zero-order valence-corrected chi connectivity index (χ0v) is 12.4. The fourth-order valence-electron chi connectivity index (χ4n) is 1.70. The van der Waals surface area contributed by atoms with Gasteiger partial charge in [0.05, 0.1) is 23.7 Å². The number of nitrogens with one attached hydrogen (secondary N) is 1. The summed E-state index contributed by atoms with van der Waals surface area (Å²) in [6.45, 7) is 5.75. The maximum atomic E-state index is 12.2. The Bertz CT molecular complexity index is 606. The molecular weight excluding hydrogens is 268 g/mol. The van der Waals surface area contributed by atoms with Gasteiger partial charge in [-0.2, -0.15) is 0 Å². The molecule has 0 radical (unpaired) electrons. The van der Waals surface area contributed by atoms with Crippen LogP contribution in [-0.4, -0.2) is 38.2 Å². The minimum absolute atomic E-state index is 0.0549. The Morgan fingerprint density at radius 1 is 1.48 bits per heavy atom. The quantitative estimate of drug-likeness (QED) is 0.871. The van der Waals surface area contributed by atoms with Crippen molar-refractivity contribution in [3.63, 3.8) is 0 Å². The second-order valence-electron chi connectivity index (χ2n) is 5.59. The summed E-state index contributed by atoms with van der Waals surface area (Å²) < 4.78 is 1.58. The summed E-state index contributed by atoms with van der Waals surface area (Å²) in [5.41, 5.74) is 0.345. The summed E-state index contributed by atoms with van der Waals surface area (Å²) in [6.07, 6.45) is 3.28. The lowest BCUT2D eigenvalue weighted by Gasteiger charge is -2.27. The minimum Gasteiger partial charge on any atom is -0.388 e. The average molecular weight is 288 g/mol. The van der Waals surface area contributed by atoms with E-state index in [-0.39, 0.29) is 18.4 Å². The van der Waals surface area contributed by atoms with Crippen molar-refractivity contribution >= 4 is 5.91 Å². The monoisotopic (exact) mass is 288 g/mol. The van der Waals surface area contributed by atoms with Gasteiger partial charge in [0.25, 0.3) is 5.91 Å². The third-order valence-corrected chi connectivity index (χ3v) is 3.65. The number of rotatable bonds is 5. The third kappa shape index (κ3) is 3.66. The van der Waals surface area contributed by atoms with Crippen LogP contribution in [-0.2, 0) is 0 Å². The van der Waals surface area contributed by atoms with Crippen LogP contribution in [0.2, 0.25) is 0 Å². The maximum Gasteiger partial charge on any atom is 0.251 e. The van der Waals surface area contributed by atoms with E-state index >= 15 is 0 Å². The van der Waals surface area contributed by atoms with E-state index in [4.69, 9.17) is 0 Å². The Morgan fingerprint density at radius 3 is 2.86 bits per heavy atom. The Hall–Kier alpha value is -2.21. The van der Waals surface area contributed by atoms with E-state index in [1.54, 1.807) is 42.2 Å². The predicted molar refractivity (Wildman–Crippen MR) is 79.2 cm³/mol. The lowest BCUT2D eigenvalue weighted by Crippen LogP contribution is -2.44. The van der Waals surface area contributed by atoms with Crippen LogP contribution in [0.25, 0.3) is 5.69 Å². The highest BCUT2D eigenvalue weighted by Gasteiger charge is 2.25. The average Bonchev–Trinajstić information content (AvgIpc) is 2.99. The molecule has 0 saturated carbocycles. The van der Waals surface area contributed by atoms with Crippen molar-refractivity contribution in [1.82, 2.24) is 20.3 Å². The van der Waals surface area contributed by atoms with Crippen LogP contribution in [0, 0.1) is 5.92 Å². The molecule has 1 heterocycles. The van der Waals surface area contributed by atoms with E-state index in [9.17, 15) is 9.90 Å². The van der Waals surface area contributed by atoms with Crippen molar-refractivity contribution in [2.24, 2.45) is 5.92 Å². The van der Waals surface area contributed by atoms with Crippen LogP contribution in [0.3, 0.4) is 0 Å². The first-order valence-electron chi connectivity index (χ1n) is 6.87. The van der Waals surface area contributed by atoms with Crippen molar-refractivity contribution in [2.45, 2.75) is 26.4 Å². The molecule has 6 heteroatoms. The van der Waals surface area contributed by atoms with E-state index in [0.29, 0.717) is 5.56 Å². The standard InChI is InChI=1S/C15H20N4O2/c1-11(2)15(3,21)10-16-14(20)12-5-4-6-13(9-12)19-8-7-17-18-19/h4-9,11,21H,10H2,1-3H3,(H,16,20). The highest BCUT2D eigenvalue weighted by Crippen LogP contribution is 2.15. The highest BCUT2D eigenvalue weighted by atomic mass is 16.3. The molecule has 2 aromatic rings. The van der Waals surface area contributed by atoms with Crippen molar-refractivity contribution in [2.75, 3.05) is 6.54 Å². The molecule has 21 heavy (non-hydrogen) atoms. The molecular formula is C15H20N4O2. The zero-order chi connectivity index (χ0) is 15.5. The van der Waals surface area contributed by atoms with Gasteiger partial charge < -0.3 is 10.4 Å². The van der Waals surface area contributed by atoms with Crippen LogP contribution in [0.5, 0.6) is 0 Å². The lowest BCUT2D eigenvalue weighted by molar-refractivity contribution is 0.0142. The van der Waals surface area contributed by atoms with Crippen LogP contribution in [0.1, 0.15) is 31.1 Å². The number of carbonyl (C=O) groups is 1. The topological polar surface area (TPSA) is 80.0 Å². The summed E-state index contributed by atoms with van der Waals surface area (Å²) in [6, 6.07) is 7.08. The van der Waals surface area contributed by atoms with Crippen molar-refractivity contribution in [3.8, 4) is 5.69 Å². The molecule has 1 amide bonds. The first-order chi connectivity index (χ1) is 9.90. The maximum absolute atomic E-state index is 12.2. The molecule has 0 aliphatic rings. The van der Waals surface area contributed by atoms with Crippen LogP contribution < -0.4 is 5.32 Å². The van der Waals surface area contributed by atoms with E-state index in [1.165, 1.54) is 0 Å². The van der Waals surface area contributed by atoms with E-state index in [2.05, 4.69) is 15.6 Å². The highest BCUT2D eigenvalue weighted by molar-refractivity contribution is 5.94. The Labute approximate surface area is 123 Å². The van der Waals surface area contributed by atoms with Gasteiger partial charge in [-0.25, -0.2) is 4.68 Å². The lowest BCUT2D eigenvalue weighted by atomic mass is 9.92. The molecule has 6 nitrogen and oxygen atoms in total. The summed E-state index contributed by atoms with van der Waals surface area (Å²) >= 11 is 0. The third-order valence-electron chi connectivity index (χ3n) is 3.65. The van der Waals surface area contributed by atoms with E-state index in [0.717, 1.165) is 5.69 Å². The van der Waals surface area contributed by atoms with E-state index in [1.807, 2.05) is 19.9 Å². The van der Waals surface area contributed by atoms with E-state index < -0.39 is 5.60 Å². The molecule has 1 unspecified atom stereocenters. The summed E-state index contributed by atoms with van der Waals surface area (Å²) in [7, 11) is 0. The summed E-state index contributed by atoms with van der Waals surface area (Å²) in [5.74, 6) is -0.169. The predicted octanol–water partition coefficient (Wildman–Crippen LogP) is 1.40. The second-order valence-corrected chi connectivity index (χ2v) is 5.59. The molecule has 1 aromatic carbocycles. The van der Waals surface area contributed by atoms with Crippen molar-refractivity contribution < 1.29 is 9.90 Å². The molecule has 0 bridgehead atoms. The number of amides is 1. The van der Waals surface area contributed by atoms with Gasteiger partial charge in [-0.05, 0) is 31.0 Å². The van der Waals surface area contributed by atoms with Gasteiger partial charge >= 0.3 is 0 Å². The SMILES string of the molecule is CC(C)C(C)(O)CNC(=O)c1cccc(-n2ccnn2)c1. The van der Waals surface area contributed by atoms with Gasteiger partial charge in [0, 0.05) is 12.1 Å². The first kappa shape index (κ1) is 15.2. The smallest absolute Gasteiger partial charge is 0.251 e. The number of nitrogens with zero attached hydrogens (tertiary/aromatic N) is 3. The molecule has 0 aliphatic carbocycles. The first-order valence-corrected chi connectivity index (χ1v) is 6.87. The number of hydrogen-bond acceptors (Lipinski definition) is 4. The van der Waals surface area contributed by atoms with Gasteiger partial charge in [0.1, 0.15) is 0 Å². The summed E-state index contributed by atoms with van der Waals surface area (Å²) in [5, 5.41) is 20.5. The normalized spacial score (nSPS) is 14.0. The zero-order valence-electron chi connectivity index (χ0n) is 12.4. The number of hydrogen-bond donors (Lipinski definition) is 2. The minimum atomic E-state index is -0.931. The number of benzene rings is 1. The number of carbonyl (C=O) groups excluding carboxylic acids is 1. The molecule has 0 aliphatic heterocycles. The Kier molecular flexibility index (Phi) is 4.37. The van der Waals surface area contributed by atoms with Gasteiger partial charge in [-0.3, -0.25) is 4.79 Å². The van der Waals surface area contributed by atoms with Gasteiger partial charge in [-0.1, -0.05) is 25.1 Å². The fourth-order valence-corrected chi connectivity index (χ4v) is 1.70. The van der Waals surface area contributed by atoms with Crippen LogP contribution >= 0.6 is 0 Å². The molecule has 0 fully saturated rings. The van der Waals surface area contributed by atoms with Gasteiger partial charge in [-0.15, -0.1) is 5.10 Å². The molecule has 0 spiro atoms.